The van der Waals surface area contributed by atoms with Crippen molar-refractivity contribution in [3.05, 3.63) is 24.3 Å². The smallest absolute Gasteiger partial charge is 0.308 e. The Balaban J connectivity index is 2.27. The first-order chi connectivity index (χ1) is 7.59. The Hall–Kier alpha value is -1.49. The minimum absolute atomic E-state index is 0.0669. The lowest BCUT2D eigenvalue weighted by Gasteiger charge is -2.17. The third-order valence-corrected chi connectivity index (χ3v) is 3.02. The normalized spacial score (nSPS) is 20.2. The molecule has 0 saturated carbocycles. The second-order valence-electron chi connectivity index (χ2n) is 3.73. The molecule has 84 valence electrons. The van der Waals surface area contributed by atoms with E-state index in [1.165, 1.54) is 4.90 Å². The maximum absolute atomic E-state index is 11.7. The number of para-hydroxylation sites is 1. The van der Waals surface area contributed by atoms with Crippen LogP contribution in [0.1, 0.15) is 6.42 Å². The predicted octanol–water partition coefficient (Wildman–Crippen LogP) is 1.41. The fourth-order valence-corrected chi connectivity index (χ4v) is 2.08. The van der Waals surface area contributed by atoms with Crippen molar-refractivity contribution < 1.29 is 14.7 Å². The van der Waals surface area contributed by atoms with Crippen LogP contribution in [0.25, 0.3) is 0 Å². The second kappa shape index (κ2) is 4.17. The quantitative estimate of drug-likeness (QED) is 0.765. The van der Waals surface area contributed by atoms with E-state index in [9.17, 15) is 9.59 Å². The van der Waals surface area contributed by atoms with Crippen molar-refractivity contribution in [2.75, 3.05) is 11.4 Å². The van der Waals surface area contributed by atoms with Crippen LogP contribution in [-0.4, -0.2) is 23.5 Å². The number of carbonyl (C=O) groups is 2. The van der Waals surface area contributed by atoms with E-state index in [1.54, 1.807) is 18.2 Å². The van der Waals surface area contributed by atoms with E-state index in [4.69, 9.17) is 5.11 Å². The number of carboxylic acid groups (broad SMARTS) is 1. The third kappa shape index (κ3) is 1.90. The molecule has 1 fully saturated rings. The van der Waals surface area contributed by atoms with Crippen LogP contribution in [0.5, 0.6) is 0 Å². The fourth-order valence-electron chi connectivity index (χ4n) is 1.80. The van der Waals surface area contributed by atoms with Gasteiger partial charge in [0, 0.05) is 17.9 Å². The van der Waals surface area contributed by atoms with E-state index >= 15 is 0 Å². The van der Waals surface area contributed by atoms with Gasteiger partial charge in [-0.3, -0.25) is 9.59 Å². The van der Waals surface area contributed by atoms with Gasteiger partial charge >= 0.3 is 5.97 Å². The molecule has 0 bridgehead atoms. The summed E-state index contributed by atoms with van der Waals surface area (Å²) >= 11 is 4.25. The number of aliphatic carboxylic acids is 1. The van der Waals surface area contributed by atoms with Crippen molar-refractivity contribution in [2.24, 2.45) is 5.92 Å². The van der Waals surface area contributed by atoms with Crippen molar-refractivity contribution in [3.63, 3.8) is 0 Å². The molecule has 1 amide bonds. The summed E-state index contributed by atoms with van der Waals surface area (Å²) in [6.07, 6.45) is 0.0669. The molecule has 0 aromatic heterocycles. The molecule has 2 rings (SSSR count). The van der Waals surface area contributed by atoms with Gasteiger partial charge in [0.15, 0.2) is 0 Å². The highest BCUT2D eigenvalue weighted by Gasteiger charge is 2.35. The van der Waals surface area contributed by atoms with Gasteiger partial charge in [0.05, 0.1) is 11.6 Å². The number of rotatable bonds is 2. The third-order valence-electron chi connectivity index (χ3n) is 2.65. The molecule has 5 heteroatoms. The summed E-state index contributed by atoms with van der Waals surface area (Å²) in [6, 6.07) is 7.17. The number of amides is 1. The molecule has 16 heavy (non-hydrogen) atoms. The summed E-state index contributed by atoms with van der Waals surface area (Å²) < 4.78 is 0. The second-order valence-corrected chi connectivity index (χ2v) is 4.21. The minimum Gasteiger partial charge on any atom is -0.481 e. The molecule has 1 N–H and O–H groups in total. The van der Waals surface area contributed by atoms with Crippen molar-refractivity contribution in [1.29, 1.82) is 0 Å². The Morgan fingerprint density at radius 3 is 2.69 bits per heavy atom. The highest BCUT2D eigenvalue weighted by Crippen LogP contribution is 2.29. The lowest BCUT2D eigenvalue weighted by atomic mass is 10.1. The number of hydrogen-bond acceptors (Lipinski definition) is 3. The number of thiol groups is 1. The average Bonchev–Trinajstić information content (AvgIpc) is 2.61. The SMILES string of the molecule is O=C(O)C1CC(=O)N(c2ccccc2S)C1. The van der Waals surface area contributed by atoms with Gasteiger partial charge in [-0.1, -0.05) is 12.1 Å². The van der Waals surface area contributed by atoms with Crippen molar-refractivity contribution >= 4 is 30.2 Å². The van der Waals surface area contributed by atoms with E-state index in [-0.39, 0.29) is 18.9 Å². The number of carboxylic acids is 1. The van der Waals surface area contributed by atoms with Gasteiger partial charge in [-0.05, 0) is 12.1 Å². The molecule has 0 aliphatic carbocycles. The van der Waals surface area contributed by atoms with Crippen LogP contribution in [0, 0.1) is 5.92 Å². The Labute approximate surface area is 98.3 Å². The van der Waals surface area contributed by atoms with Crippen LogP contribution in [-0.2, 0) is 9.59 Å². The highest BCUT2D eigenvalue weighted by molar-refractivity contribution is 7.80. The van der Waals surface area contributed by atoms with Gasteiger partial charge in [0.1, 0.15) is 0 Å². The van der Waals surface area contributed by atoms with E-state index < -0.39 is 11.9 Å². The Morgan fingerprint density at radius 2 is 2.12 bits per heavy atom. The highest BCUT2D eigenvalue weighted by atomic mass is 32.1. The van der Waals surface area contributed by atoms with Crippen molar-refractivity contribution in [2.45, 2.75) is 11.3 Å². The summed E-state index contributed by atoms with van der Waals surface area (Å²) in [5.74, 6) is -1.69. The fraction of sp³-hybridized carbons (Fsp3) is 0.273. The van der Waals surface area contributed by atoms with Crippen LogP contribution in [0.4, 0.5) is 5.69 Å². The number of carbonyl (C=O) groups excluding carboxylic acids is 1. The number of hydrogen-bond donors (Lipinski definition) is 2. The van der Waals surface area contributed by atoms with E-state index in [0.717, 1.165) is 0 Å². The zero-order chi connectivity index (χ0) is 11.7. The van der Waals surface area contributed by atoms with E-state index in [1.807, 2.05) is 6.07 Å². The molecule has 4 nitrogen and oxygen atoms in total. The summed E-state index contributed by atoms with van der Waals surface area (Å²) in [7, 11) is 0. The van der Waals surface area contributed by atoms with Crippen LogP contribution in [0.3, 0.4) is 0 Å². The minimum atomic E-state index is -0.924. The van der Waals surface area contributed by atoms with Crippen molar-refractivity contribution in [1.82, 2.24) is 0 Å². The summed E-state index contributed by atoms with van der Waals surface area (Å²) in [4.78, 5) is 24.7. The molecular weight excluding hydrogens is 226 g/mol. The lowest BCUT2D eigenvalue weighted by Crippen LogP contribution is -2.26. The molecule has 1 aliphatic rings. The van der Waals surface area contributed by atoms with Crippen molar-refractivity contribution in [3.8, 4) is 0 Å². The number of nitrogens with zero attached hydrogens (tertiary/aromatic N) is 1. The Bertz CT molecular complexity index is 447. The summed E-state index contributed by atoms with van der Waals surface area (Å²) in [5, 5.41) is 8.87. The molecule has 0 spiro atoms. The standard InChI is InChI=1S/C11H11NO3S/c13-10-5-7(11(14)15)6-12(10)8-3-1-2-4-9(8)16/h1-4,7,16H,5-6H2,(H,14,15). The number of anilines is 1. The average molecular weight is 237 g/mol. The summed E-state index contributed by atoms with van der Waals surface area (Å²) in [5.41, 5.74) is 0.680. The van der Waals surface area contributed by atoms with E-state index in [2.05, 4.69) is 12.6 Å². The molecule has 1 saturated heterocycles. The molecule has 1 aromatic carbocycles. The monoisotopic (exact) mass is 237 g/mol. The Morgan fingerprint density at radius 1 is 1.44 bits per heavy atom. The van der Waals surface area contributed by atoms with Crippen LogP contribution >= 0.6 is 12.6 Å². The van der Waals surface area contributed by atoms with Gasteiger partial charge in [-0.25, -0.2) is 0 Å². The first kappa shape index (κ1) is 11.0. The zero-order valence-electron chi connectivity index (χ0n) is 8.46. The van der Waals surface area contributed by atoms with Crippen LogP contribution in [0.15, 0.2) is 29.2 Å². The Kier molecular flexibility index (Phi) is 2.87. The maximum Gasteiger partial charge on any atom is 0.308 e. The van der Waals surface area contributed by atoms with Crippen LogP contribution in [0.2, 0.25) is 0 Å². The van der Waals surface area contributed by atoms with Gasteiger partial charge in [0.25, 0.3) is 0 Å². The topological polar surface area (TPSA) is 57.6 Å². The number of benzene rings is 1. The molecule has 1 aromatic rings. The van der Waals surface area contributed by atoms with Gasteiger partial charge in [-0.2, -0.15) is 0 Å². The maximum atomic E-state index is 11.7. The first-order valence-corrected chi connectivity index (χ1v) is 5.35. The molecule has 1 atom stereocenters. The molecule has 1 aliphatic heterocycles. The molecule has 1 unspecified atom stereocenters. The summed E-state index contributed by atoms with van der Waals surface area (Å²) in [6.45, 7) is 0.228. The lowest BCUT2D eigenvalue weighted by molar-refractivity contribution is -0.141. The van der Waals surface area contributed by atoms with E-state index in [0.29, 0.717) is 10.6 Å². The molecule has 1 heterocycles. The van der Waals surface area contributed by atoms with Gasteiger partial charge in [0.2, 0.25) is 5.91 Å². The first-order valence-electron chi connectivity index (χ1n) is 4.90. The van der Waals surface area contributed by atoms with Gasteiger partial charge < -0.3 is 10.0 Å². The van der Waals surface area contributed by atoms with Crippen LogP contribution < -0.4 is 4.90 Å². The molecular formula is C11H11NO3S. The predicted molar refractivity (Wildman–Crippen MR) is 61.8 cm³/mol. The van der Waals surface area contributed by atoms with Gasteiger partial charge in [-0.15, -0.1) is 12.6 Å². The largest absolute Gasteiger partial charge is 0.481 e. The zero-order valence-corrected chi connectivity index (χ0v) is 9.35. The molecule has 0 radical (unpaired) electrons.